The van der Waals surface area contributed by atoms with Gasteiger partial charge in [0.2, 0.25) is 0 Å². The third-order valence-corrected chi connectivity index (χ3v) is 3.12. The molecule has 0 aliphatic carbocycles. The van der Waals surface area contributed by atoms with Crippen molar-refractivity contribution < 1.29 is 5.11 Å². The van der Waals surface area contributed by atoms with Gasteiger partial charge in [0.1, 0.15) is 0 Å². The summed E-state index contributed by atoms with van der Waals surface area (Å²) in [5.41, 5.74) is 2.04. The third-order valence-electron chi connectivity index (χ3n) is 2.89. The Hall–Kier alpha value is -1.03. The van der Waals surface area contributed by atoms with Gasteiger partial charge < -0.3 is 14.6 Å². The predicted molar refractivity (Wildman–Crippen MR) is 71.4 cm³/mol. The van der Waals surface area contributed by atoms with E-state index in [2.05, 4.69) is 9.47 Å². The van der Waals surface area contributed by atoms with Crippen molar-refractivity contribution in [1.82, 2.24) is 9.47 Å². The van der Waals surface area contributed by atoms with E-state index in [4.69, 9.17) is 11.6 Å². The van der Waals surface area contributed by atoms with Crippen LogP contribution < -0.4 is 0 Å². The van der Waals surface area contributed by atoms with E-state index in [0.29, 0.717) is 0 Å². The Morgan fingerprint density at radius 2 is 2.12 bits per heavy atom. The SMILES string of the molecule is CN(C)CCn1cc(CO)c2ccc(Cl)cc21. The summed E-state index contributed by atoms with van der Waals surface area (Å²) in [6.07, 6.45) is 2.00. The van der Waals surface area contributed by atoms with Gasteiger partial charge in [0.15, 0.2) is 0 Å². The molecule has 4 heteroatoms. The molecular weight excluding hydrogens is 236 g/mol. The number of aliphatic hydroxyl groups excluding tert-OH is 1. The van der Waals surface area contributed by atoms with Crippen LogP contribution in [0.5, 0.6) is 0 Å². The van der Waals surface area contributed by atoms with E-state index in [-0.39, 0.29) is 6.61 Å². The maximum Gasteiger partial charge on any atom is 0.0702 e. The molecule has 1 aromatic heterocycles. The van der Waals surface area contributed by atoms with Crippen LogP contribution in [0.25, 0.3) is 10.9 Å². The minimum Gasteiger partial charge on any atom is -0.392 e. The van der Waals surface area contributed by atoms with E-state index < -0.39 is 0 Å². The maximum absolute atomic E-state index is 9.34. The summed E-state index contributed by atoms with van der Waals surface area (Å²) < 4.78 is 2.15. The van der Waals surface area contributed by atoms with Crippen molar-refractivity contribution >= 4 is 22.5 Å². The number of hydrogen-bond donors (Lipinski definition) is 1. The highest BCUT2D eigenvalue weighted by atomic mass is 35.5. The third kappa shape index (κ3) is 2.63. The van der Waals surface area contributed by atoms with Crippen LogP contribution in [0.3, 0.4) is 0 Å². The molecule has 3 nitrogen and oxygen atoms in total. The fraction of sp³-hybridized carbons (Fsp3) is 0.385. The van der Waals surface area contributed by atoms with Crippen LogP contribution in [-0.2, 0) is 13.2 Å². The lowest BCUT2D eigenvalue weighted by molar-refractivity contribution is 0.283. The summed E-state index contributed by atoms with van der Waals surface area (Å²) in [6.45, 7) is 1.91. The minimum absolute atomic E-state index is 0.0626. The Kier molecular flexibility index (Phi) is 3.72. The van der Waals surface area contributed by atoms with Crippen molar-refractivity contribution in [3.8, 4) is 0 Å². The van der Waals surface area contributed by atoms with Gasteiger partial charge in [0.05, 0.1) is 6.61 Å². The van der Waals surface area contributed by atoms with Crippen LogP contribution in [0.4, 0.5) is 0 Å². The van der Waals surface area contributed by atoms with Crippen LogP contribution >= 0.6 is 11.6 Å². The Labute approximate surface area is 106 Å². The molecule has 0 saturated heterocycles. The van der Waals surface area contributed by atoms with Gasteiger partial charge in [-0.25, -0.2) is 0 Å². The van der Waals surface area contributed by atoms with Crippen molar-refractivity contribution in [3.63, 3.8) is 0 Å². The molecule has 0 spiro atoms. The number of hydrogen-bond acceptors (Lipinski definition) is 2. The molecule has 2 aromatic rings. The molecule has 0 aliphatic heterocycles. The van der Waals surface area contributed by atoms with Crippen molar-refractivity contribution in [1.29, 1.82) is 0 Å². The number of aliphatic hydroxyl groups is 1. The average molecular weight is 253 g/mol. The summed E-state index contributed by atoms with van der Waals surface area (Å²) >= 11 is 6.02. The molecule has 0 bridgehead atoms. The van der Waals surface area contributed by atoms with Gasteiger partial charge in [0, 0.05) is 40.8 Å². The topological polar surface area (TPSA) is 28.4 Å². The van der Waals surface area contributed by atoms with Gasteiger partial charge >= 0.3 is 0 Å². The van der Waals surface area contributed by atoms with Gasteiger partial charge in [-0.05, 0) is 26.2 Å². The summed E-state index contributed by atoms with van der Waals surface area (Å²) in [5, 5.41) is 11.1. The second kappa shape index (κ2) is 5.08. The lowest BCUT2D eigenvalue weighted by Crippen LogP contribution is -2.17. The zero-order valence-electron chi connectivity index (χ0n) is 10.2. The van der Waals surface area contributed by atoms with Crippen LogP contribution in [0, 0.1) is 0 Å². The number of rotatable bonds is 4. The molecule has 1 heterocycles. The Bertz CT molecular complexity index is 519. The second-order valence-corrected chi connectivity index (χ2v) is 4.91. The van der Waals surface area contributed by atoms with Gasteiger partial charge in [-0.15, -0.1) is 0 Å². The number of likely N-dealkylation sites (N-methyl/N-ethyl adjacent to an activating group) is 1. The van der Waals surface area contributed by atoms with Crippen molar-refractivity contribution in [2.24, 2.45) is 0 Å². The summed E-state index contributed by atoms with van der Waals surface area (Å²) in [7, 11) is 4.09. The molecule has 1 N–H and O–H groups in total. The standard InChI is InChI=1S/C13H17ClN2O/c1-15(2)5-6-16-8-10(9-17)12-4-3-11(14)7-13(12)16/h3-4,7-8,17H,5-6,9H2,1-2H3. The zero-order valence-corrected chi connectivity index (χ0v) is 10.9. The van der Waals surface area contributed by atoms with E-state index in [1.54, 1.807) is 0 Å². The molecule has 92 valence electrons. The molecule has 0 saturated carbocycles. The van der Waals surface area contributed by atoms with Gasteiger partial charge in [-0.1, -0.05) is 17.7 Å². The molecule has 0 aliphatic rings. The average Bonchev–Trinajstić information content (AvgIpc) is 2.63. The predicted octanol–water partition coefficient (Wildman–Crippen LogP) is 2.35. The normalized spacial score (nSPS) is 11.6. The number of fused-ring (bicyclic) bond motifs is 1. The van der Waals surface area contributed by atoms with E-state index in [0.717, 1.165) is 34.6 Å². The van der Waals surface area contributed by atoms with Crippen LogP contribution in [0.15, 0.2) is 24.4 Å². The second-order valence-electron chi connectivity index (χ2n) is 4.47. The van der Waals surface area contributed by atoms with Crippen molar-refractivity contribution in [2.45, 2.75) is 13.2 Å². The highest BCUT2D eigenvalue weighted by Gasteiger charge is 2.08. The van der Waals surface area contributed by atoms with E-state index >= 15 is 0 Å². The van der Waals surface area contributed by atoms with E-state index in [1.165, 1.54) is 0 Å². The summed E-state index contributed by atoms with van der Waals surface area (Å²) in [6, 6.07) is 5.78. The molecule has 17 heavy (non-hydrogen) atoms. The first-order valence-electron chi connectivity index (χ1n) is 5.64. The minimum atomic E-state index is 0.0626. The van der Waals surface area contributed by atoms with Crippen LogP contribution in [0.1, 0.15) is 5.56 Å². The molecule has 2 rings (SSSR count). The van der Waals surface area contributed by atoms with Crippen molar-refractivity contribution in [2.75, 3.05) is 20.6 Å². The molecule has 1 aromatic carbocycles. The molecular formula is C13H17ClN2O. The first kappa shape index (κ1) is 12.4. The maximum atomic E-state index is 9.34. The Morgan fingerprint density at radius 3 is 2.76 bits per heavy atom. The summed E-state index contributed by atoms with van der Waals surface area (Å²) in [5.74, 6) is 0. The van der Waals surface area contributed by atoms with Crippen LogP contribution in [-0.4, -0.2) is 35.2 Å². The molecule has 0 unspecified atom stereocenters. The number of aromatic nitrogens is 1. The zero-order chi connectivity index (χ0) is 12.4. The molecule has 0 atom stereocenters. The van der Waals surface area contributed by atoms with Gasteiger partial charge in [0.25, 0.3) is 0 Å². The molecule has 0 amide bonds. The summed E-state index contributed by atoms with van der Waals surface area (Å²) in [4.78, 5) is 2.13. The highest BCUT2D eigenvalue weighted by molar-refractivity contribution is 6.31. The lowest BCUT2D eigenvalue weighted by Gasteiger charge is -2.11. The Morgan fingerprint density at radius 1 is 1.35 bits per heavy atom. The quantitative estimate of drug-likeness (QED) is 0.905. The van der Waals surface area contributed by atoms with Crippen molar-refractivity contribution in [3.05, 3.63) is 35.0 Å². The fourth-order valence-corrected chi connectivity index (χ4v) is 2.13. The lowest BCUT2D eigenvalue weighted by atomic mass is 10.2. The van der Waals surface area contributed by atoms with E-state index in [9.17, 15) is 5.11 Å². The largest absolute Gasteiger partial charge is 0.392 e. The van der Waals surface area contributed by atoms with Gasteiger partial charge in [-0.3, -0.25) is 0 Å². The highest BCUT2D eigenvalue weighted by Crippen LogP contribution is 2.24. The monoisotopic (exact) mass is 252 g/mol. The molecule has 0 fully saturated rings. The fourth-order valence-electron chi connectivity index (χ4n) is 1.96. The van der Waals surface area contributed by atoms with E-state index in [1.807, 2.05) is 38.5 Å². The van der Waals surface area contributed by atoms with Crippen LogP contribution in [0.2, 0.25) is 5.02 Å². The number of benzene rings is 1. The number of halogens is 1. The first-order chi connectivity index (χ1) is 8.11. The van der Waals surface area contributed by atoms with Gasteiger partial charge in [-0.2, -0.15) is 0 Å². The smallest absolute Gasteiger partial charge is 0.0702 e. The first-order valence-corrected chi connectivity index (χ1v) is 6.02. The molecule has 0 radical (unpaired) electrons. The Balaban J connectivity index is 2.43. The number of nitrogens with zero attached hydrogens (tertiary/aromatic N) is 2.